The van der Waals surface area contributed by atoms with Crippen LogP contribution in [0.5, 0.6) is 0 Å². The molecular formula is C19H23N7. The normalized spacial score (nSPS) is 14.4. The summed E-state index contributed by atoms with van der Waals surface area (Å²) < 4.78 is 2.10. The lowest BCUT2D eigenvalue weighted by atomic mass is 10.1. The molecule has 3 aromatic rings. The van der Waals surface area contributed by atoms with Crippen LogP contribution in [0.25, 0.3) is 11.4 Å². The van der Waals surface area contributed by atoms with Gasteiger partial charge in [0.1, 0.15) is 6.33 Å². The Bertz CT molecular complexity index is 888. The molecule has 0 spiro atoms. The quantitative estimate of drug-likeness (QED) is 0.704. The summed E-state index contributed by atoms with van der Waals surface area (Å²) in [5.41, 5.74) is 5.77. The largest absolute Gasteiger partial charge is 0.294 e. The predicted octanol–water partition coefficient (Wildman–Crippen LogP) is 2.41. The molecule has 4 heterocycles. The molecule has 0 aliphatic carbocycles. The fourth-order valence-corrected chi connectivity index (χ4v) is 3.38. The zero-order valence-electron chi connectivity index (χ0n) is 15.3. The van der Waals surface area contributed by atoms with Gasteiger partial charge in [-0.05, 0) is 13.3 Å². The van der Waals surface area contributed by atoms with Gasteiger partial charge in [0.2, 0.25) is 0 Å². The summed E-state index contributed by atoms with van der Waals surface area (Å²) >= 11 is 0. The first kappa shape index (κ1) is 16.8. The topological polar surface area (TPSA) is 72.6 Å². The molecule has 0 amide bonds. The van der Waals surface area contributed by atoms with Gasteiger partial charge in [-0.25, -0.2) is 19.9 Å². The van der Waals surface area contributed by atoms with Gasteiger partial charge in [0.15, 0.2) is 5.82 Å². The Morgan fingerprint density at radius 1 is 1.12 bits per heavy atom. The third-order valence-electron chi connectivity index (χ3n) is 4.87. The van der Waals surface area contributed by atoms with Crippen molar-refractivity contribution in [3.8, 4) is 11.4 Å². The first-order valence-electron chi connectivity index (χ1n) is 9.08. The molecule has 0 fully saturated rings. The molecule has 0 bridgehead atoms. The summed E-state index contributed by atoms with van der Waals surface area (Å²) in [6.07, 6.45) is 11.0. The van der Waals surface area contributed by atoms with Crippen molar-refractivity contribution in [2.75, 3.05) is 6.54 Å². The second-order valence-corrected chi connectivity index (χ2v) is 6.73. The van der Waals surface area contributed by atoms with Crippen molar-refractivity contribution >= 4 is 0 Å². The van der Waals surface area contributed by atoms with Gasteiger partial charge in [0.25, 0.3) is 0 Å². The molecule has 4 rings (SSSR count). The van der Waals surface area contributed by atoms with Gasteiger partial charge in [-0.1, -0.05) is 6.92 Å². The first-order valence-corrected chi connectivity index (χ1v) is 9.08. The average molecular weight is 349 g/mol. The van der Waals surface area contributed by atoms with E-state index in [0.717, 1.165) is 50.3 Å². The predicted molar refractivity (Wildman–Crippen MR) is 98.1 cm³/mol. The van der Waals surface area contributed by atoms with Crippen LogP contribution < -0.4 is 0 Å². The summed E-state index contributed by atoms with van der Waals surface area (Å²) in [7, 11) is 0. The van der Waals surface area contributed by atoms with Crippen LogP contribution in [0.2, 0.25) is 0 Å². The van der Waals surface area contributed by atoms with Crippen molar-refractivity contribution in [3.63, 3.8) is 0 Å². The molecule has 1 aliphatic rings. The standard InChI is InChI=1S/C19H23N7/c1-3-5-26-14(2)16(10-23-26)11-25-6-4-18-17(12-25)9-22-19(24-18)15-7-20-13-21-8-15/h7-10,13H,3-6,11-12H2,1-2H3. The minimum atomic E-state index is 0.703. The maximum atomic E-state index is 4.74. The summed E-state index contributed by atoms with van der Waals surface area (Å²) in [4.78, 5) is 19.8. The highest BCUT2D eigenvalue weighted by Gasteiger charge is 2.20. The molecule has 0 N–H and O–H groups in total. The van der Waals surface area contributed by atoms with E-state index in [9.17, 15) is 0 Å². The van der Waals surface area contributed by atoms with E-state index < -0.39 is 0 Å². The van der Waals surface area contributed by atoms with Crippen LogP contribution in [0.15, 0.2) is 31.1 Å². The number of nitrogens with zero attached hydrogens (tertiary/aromatic N) is 7. The van der Waals surface area contributed by atoms with Crippen LogP contribution in [0.4, 0.5) is 0 Å². The van der Waals surface area contributed by atoms with Crippen LogP contribution in [0.3, 0.4) is 0 Å². The molecular weight excluding hydrogens is 326 g/mol. The van der Waals surface area contributed by atoms with Crippen molar-refractivity contribution in [1.29, 1.82) is 0 Å². The van der Waals surface area contributed by atoms with Crippen LogP contribution >= 0.6 is 0 Å². The highest BCUT2D eigenvalue weighted by molar-refractivity contribution is 5.52. The van der Waals surface area contributed by atoms with E-state index in [1.165, 1.54) is 23.1 Å². The third-order valence-corrected chi connectivity index (χ3v) is 4.87. The Labute approximate surface area is 153 Å². The maximum absolute atomic E-state index is 4.74. The van der Waals surface area contributed by atoms with E-state index in [-0.39, 0.29) is 0 Å². The van der Waals surface area contributed by atoms with Crippen LogP contribution in [0, 0.1) is 6.92 Å². The average Bonchev–Trinajstić information content (AvgIpc) is 3.02. The molecule has 0 saturated carbocycles. The van der Waals surface area contributed by atoms with Crippen LogP contribution in [-0.2, 0) is 26.1 Å². The van der Waals surface area contributed by atoms with Gasteiger partial charge in [-0.3, -0.25) is 9.58 Å². The highest BCUT2D eigenvalue weighted by Crippen LogP contribution is 2.22. The summed E-state index contributed by atoms with van der Waals surface area (Å²) in [5, 5.41) is 4.51. The van der Waals surface area contributed by atoms with Crippen LogP contribution in [-0.4, -0.2) is 41.2 Å². The van der Waals surface area contributed by atoms with Crippen molar-refractivity contribution in [1.82, 2.24) is 34.6 Å². The summed E-state index contributed by atoms with van der Waals surface area (Å²) in [6.45, 7) is 8.11. The van der Waals surface area contributed by atoms with Gasteiger partial charge < -0.3 is 0 Å². The second-order valence-electron chi connectivity index (χ2n) is 6.73. The molecule has 134 valence electrons. The van der Waals surface area contributed by atoms with Gasteiger partial charge >= 0.3 is 0 Å². The Kier molecular flexibility index (Phi) is 4.71. The lowest BCUT2D eigenvalue weighted by Crippen LogP contribution is -2.31. The minimum absolute atomic E-state index is 0.703. The Balaban J connectivity index is 1.48. The highest BCUT2D eigenvalue weighted by atomic mass is 15.3. The molecule has 1 aliphatic heterocycles. The van der Waals surface area contributed by atoms with Crippen molar-refractivity contribution in [2.45, 2.75) is 46.3 Å². The van der Waals surface area contributed by atoms with Crippen LogP contribution in [0.1, 0.15) is 35.9 Å². The molecule has 0 aromatic carbocycles. The fourth-order valence-electron chi connectivity index (χ4n) is 3.38. The Morgan fingerprint density at radius 3 is 2.77 bits per heavy atom. The van der Waals surface area contributed by atoms with Crippen molar-refractivity contribution < 1.29 is 0 Å². The van der Waals surface area contributed by atoms with E-state index in [0.29, 0.717) is 5.82 Å². The van der Waals surface area contributed by atoms with Gasteiger partial charge in [0, 0.05) is 68.0 Å². The maximum Gasteiger partial charge on any atom is 0.162 e. The molecule has 7 heteroatoms. The second kappa shape index (κ2) is 7.29. The molecule has 26 heavy (non-hydrogen) atoms. The Morgan fingerprint density at radius 2 is 1.96 bits per heavy atom. The fraction of sp³-hybridized carbons (Fsp3) is 0.421. The zero-order chi connectivity index (χ0) is 17.9. The molecule has 0 radical (unpaired) electrons. The zero-order valence-corrected chi connectivity index (χ0v) is 15.3. The number of rotatable bonds is 5. The van der Waals surface area contributed by atoms with Gasteiger partial charge in [-0.15, -0.1) is 0 Å². The van der Waals surface area contributed by atoms with E-state index in [1.54, 1.807) is 12.4 Å². The molecule has 7 nitrogen and oxygen atoms in total. The number of hydrogen-bond acceptors (Lipinski definition) is 6. The minimum Gasteiger partial charge on any atom is -0.294 e. The number of aryl methyl sites for hydroxylation is 1. The third kappa shape index (κ3) is 3.35. The number of hydrogen-bond donors (Lipinski definition) is 0. The SMILES string of the molecule is CCCn1ncc(CN2CCc3nc(-c4cncnc4)ncc3C2)c1C. The van der Waals surface area contributed by atoms with E-state index in [4.69, 9.17) is 4.98 Å². The monoisotopic (exact) mass is 349 g/mol. The van der Waals surface area contributed by atoms with E-state index in [1.807, 2.05) is 12.4 Å². The first-order chi connectivity index (χ1) is 12.7. The lowest BCUT2D eigenvalue weighted by Gasteiger charge is -2.27. The Hall–Kier alpha value is -2.67. The lowest BCUT2D eigenvalue weighted by molar-refractivity contribution is 0.242. The molecule has 0 saturated heterocycles. The smallest absolute Gasteiger partial charge is 0.162 e. The summed E-state index contributed by atoms with van der Waals surface area (Å²) in [5.74, 6) is 0.703. The molecule has 3 aromatic heterocycles. The number of aromatic nitrogens is 6. The molecule has 0 unspecified atom stereocenters. The van der Waals surface area contributed by atoms with Gasteiger partial charge in [0.05, 0.1) is 17.5 Å². The van der Waals surface area contributed by atoms with Gasteiger partial charge in [-0.2, -0.15) is 5.10 Å². The van der Waals surface area contributed by atoms with E-state index in [2.05, 4.69) is 43.5 Å². The summed E-state index contributed by atoms with van der Waals surface area (Å²) in [6, 6.07) is 0. The number of fused-ring (bicyclic) bond motifs is 1. The van der Waals surface area contributed by atoms with E-state index >= 15 is 0 Å². The molecule has 0 atom stereocenters. The van der Waals surface area contributed by atoms with Crippen molar-refractivity contribution in [2.24, 2.45) is 0 Å². The van der Waals surface area contributed by atoms with Crippen molar-refractivity contribution in [3.05, 3.63) is 53.6 Å².